The number of nitrogens with one attached hydrogen (secondary N) is 1. The highest BCUT2D eigenvalue weighted by Crippen LogP contribution is 2.16. The number of piperidine rings is 1. The van der Waals surface area contributed by atoms with Crippen molar-refractivity contribution in [2.45, 2.75) is 45.8 Å². The Morgan fingerprint density at radius 3 is 2.77 bits per heavy atom. The molecule has 120 valence electrons. The predicted octanol–water partition coefficient (Wildman–Crippen LogP) is 2.56. The highest BCUT2D eigenvalue weighted by Gasteiger charge is 2.19. The van der Waals surface area contributed by atoms with Crippen LogP contribution < -0.4 is 5.32 Å². The van der Waals surface area contributed by atoms with Gasteiger partial charge in [0.1, 0.15) is 17.6 Å². The standard InChI is InChI=1S/C17H26N4O/c1-13(2)22-11-10-21-8-6-15(7-9-21)19-17-5-4-14(3)16(12-18)20-17/h4-5,13,15H,6-11H2,1-3H3,(H,19,20). The van der Waals surface area contributed by atoms with Crippen molar-refractivity contribution in [1.29, 1.82) is 5.26 Å². The summed E-state index contributed by atoms with van der Waals surface area (Å²) in [6, 6.07) is 6.48. The first-order valence-corrected chi connectivity index (χ1v) is 8.06. The topological polar surface area (TPSA) is 61.2 Å². The zero-order valence-corrected chi connectivity index (χ0v) is 13.8. The van der Waals surface area contributed by atoms with E-state index < -0.39 is 0 Å². The summed E-state index contributed by atoms with van der Waals surface area (Å²) in [5.41, 5.74) is 1.43. The summed E-state index contributed by atoms with van der Waals surface area (Å²) in [4.78, 5) is 6.82. The Morgan fingerprint density at radius 2 is 2.14 bits per heavy atom. The van der Waals surface area contributed by atoms with Crippen molar-refractivity contribution < 1.29 is 4.74 Å². The first-order chi connectivity index (χ1) is 10.6. The highest BCUT2D eigenvalue weighted by atomic mass is 16.5. The van der Waals surface area contributed by atoms with Crippen LogP contribution in [-0.4, -0.2) is 48.3 Å². The van der Waals surface area contributed by atoms with Gasteiger partial charge >= 0.3 is 0 Å². The lowest BCUT2D eigenvalue weighted by Crippen LogP contribution is -2.40. The molecule has 0 saturated carbocycles. The van der Waals surface area contributed by atoms with Crippen LogP contribution in [0.15, 0.2) is 12.1 Å². The Bertz CT molecular complexity index is 516. The minimum Gasteiger partial charge on any atom is -0.377 e. The maximum absolute atomic E-state index is 9.05. The molecule has 1 aromatic rings. The first kappa shape index (κ1) is 16.7. The number of anilines is 1. The third-order valence-electron chi connectivity index (χ3n) is 4.00. The molecule has 1 saturated heterocycles. The molecule has 0 aliphatic carbocycles. The lowest BCUT2D eigenvalue weighted by molar-refractivity contribution is 0.0543. The molecule has 2 rings (SSSR count). The maximum Gasteiger partial charge on any atom is 0.145 e. The van der Waals surface area contributed by atoms with E-state index in [2.05, 4.69) is 35.1 Å². The molecule has 0 atom stereocenters. The molecule has 1 aliphatic rings. The van der Waals surface area contributed by atoms with Gasteiger partial charge in [0.15, 0.2) is 0 Å². The Balaban J connectivity index is 1.77. The summed E-state index contributed by atoms with van der Waals surface area (Å²) in [5, 5.41) is 12.5. The smallest absolute Gasteiger partial charge is 0.145 e. The van der Waals surface area contributed by atoms with Gasteiger partial charge in [-0.3, -0.25) is 0 Å². The van der Waals surface area contributed by atoms with Crippen LogP contribution in [-0.2, 0) is 4.74 Å². The molecule has 22 heavy (non-hydrogen) atoms. The normalized spacial score (nSPS) is 16.7. The van der Waals surface area contributed by atoms with Crippen molar-refractivity contribution in [2.24, 2.45) is 0 Å². The molecular formula is C17H26N4O. The highest BCUT2D eigenvalue weighted by molar-refractivity contribution is 5.43. The number of nitrogens with zero attached hydrogens (tertiary/aromatic N) is 3. The summed E-state index contributed by atoms with van der Waals surface area (Å²) in [6.45, 7) is 10.0. The molecule has 0 bridgehead atoms. The van der Waals surface area contributed by atoms with E-state index >= 15 is 0 Å². The van der Waals surface area contributed by atoms with Crippen molar-refractivity contribution in [3.8, 4) is 6.07 Å². The molecule has 1 aliphatic heterocycles. The van der Waals surface area contributed by atoms with Crippen LogP contribution in [0.3, 0.4) is 0 Å². The van der Waals surface area contributed by atoms with E-state index in [4.69, 9.17) is 10.00 Å². The fraction of sp³-hybridized carbons (Fsp3) is 0.647. The van der Waals surface area contributed by atoms with Crippen molar-refractivity contribution in [3.63, 3.8) is 0 Å². The van der Waals surface area contributed by atoms with Crippen LogP contribution in [0.5, 0.6) is 0 Å². The SMILES string of the molecule is Cc1ccc(NC2CCN(CCOC(C)C)CC2)nc1C#N. The molecule has 1 fully saturated rings. The van der Waals surface area contributed by atoms with Gasteiger partial charge < -0.3 is 15.0 Å². The minimum absolute atomic E-state index is 0.307. The van der Waals surface area contributed by atoms with Crippen LogP contribution >= 0.6 is 0 Å². The second kappa shape index (κ2) is 8.11. The largest absolute Gasteiger partial charge is 0.377 e. The average Bonchev–Trinajstić information content (AvgIpc) is 2.50. The van der Waals surface area contributed by atoms with Crippen molar-refractivity contribution in [2.75, 3.05) is 31.6 Å². The summed E-state index contributed by atoms with van der Waals surface area (Å²) in [6.07, 6.45) is 2.50. The second-order valence-corrected chi connectivity index (χ2v) is 6.15. The monoisotopic (exact) mass is 302 g/mol. The average molecular weight is 302 g/mol. The molecule has 1 aromatic heterocycles. The van der Waals surface area contributed by atoms with Gasteiger partial charge in [0.2, 0.25) is 0 Å². The lowest BCUT2D eigenvalue weighted by Gasteiger charge is -2.32. The van der Waals surface area contributed by atoms with Crippen LogP contribution in [0, 0.1) is 18.3 Å². The third-order valence-corrected chi connectivity index (χ3v) is 4.00. The van der Waals surface area contributed by atoms with E-state index in [1.807, 2.05) is 19.1 Å². The van der Waals surface area contributed by atoms with Gasteiger partial charge in [0, 0.05) is 25.7 Å². The van der Waals surface area contributed by atoms with Gasteiger partial charge in [-0.2, -0.15) is 5.26 Å². The number of nitriles is 1. The minimum atomic E-state index is 0.307. The van der Waals surface area contributed by atoms with Gasteiger partial charge in [-0.1, -0.05) is 6.07 Å². The van der Waals surface area contributed by atoms with Crippen LogP contribution in [0.1, 0.15) is 37.9 Å². The van der Waals surface area contributed by atoms with Crippen LogP contribution in [0.4, 0.5) is 5.82 Å². The quantitative estimate of drug-likeness (QED) is 0.875. The molecule has 0 unspecified atom stereocenters. The van der Waals surface area contributed by atoms with E-state index in [1.165, 1.54) is 0 Å². The van der Waals surface area contributed by atoms with Gasteiger partial charge in [0.05, 0.1) is 12.7 Å². The summed E-state index contributed by atoms with van der Waals surface area (Å²) in [7, 11) is 0. The molecular weight excluding hydrogens is 276 g/mol. The van der Waals surface area contributed by atoms with E-state index in [0.717, 1.165) is 50.5 Å². The first-order valence-electron chi connectivity index (χ1n) is 8.06. The fourth-order valence-corrected chi connectivity index (χ4v) is 2.65. The Labute approximate surface area is 133 Å². The van der Waals surface area contributed by atoms with Crippen molar-refractivity contribution in [1.82, 2.24) is 9.88 Å². The molecule has 0 amide bonds. The number of aryl methyl sites for hydroxylation is 1. The zero-order chi connectivity index (χ0) is 15.9. The van der Waals surface area contributed by atoms with Crippen molar-refractivity contribution >= 4 is 5.82 Å². The molecule has 5 nitrogen and oxygen atoms in total. The van der Waals surface area contributed by atoms with Crippen LogP contribution in [0.25, 0.3) is 0 Å². The van der Waals surface area contributed by atoms with Gasteiger partial charge in [-0.05, 0) is 45.2 Å². The second-order valence-electron chi connectivity index (χ2n) is 6.15. The molecule has 2 heterocycles. The predicted molar refractivity (Wildman–Crippen MR) is 87.9 cm³/mol. The van der Waals surface area contributed by atoms with Crippen LogP contribution in [0.2, 0.25) is 0 Å². The third kappa shape index (κ3) is 4.97. The molecule has 1 N–H and O–H groups in total. The number of likely N-dealkylation sites (tertiary alicyclic amines) is 1. The van der Waals surface area contributed by atoms with Gasteiger partial charge in [-0.15, -0.1) is 0 Å². The number of hydrogen-bond donors (Lipinski definition) is 1. The number of rotatable bonds is 6. The molecule has 5 heteroatoms. The summed E-state index contributed by atoms with van der Waals surface area (Å²) < 4.78 is 5.61. The lowest BCUT2D eigenvalue weighted by atomic mass is 10.1. The van der Waals surface area contributed by atoms with Gasteiger partial charge in [0.25, 0.3) is 0 Å². The fourth-order valence-electron chi connectivity index (χ4n) is 2.65. The zero-order valence-electron chi connectivity index (χ0n) is 13.8. The summed E-state index contributed by atoms with van der Waals surface area (Å²) in [5.74, 6) is 0.809. The number of pyridine rings is 1. The van der Waals surface area contributed by atoms with E-state index in [9.17, 15) is 0 Å². The Hall–Kier alpha value is -1.64. The molecule has 0 spiro atoms. The van der Waals surface area contributed by atoms with E-state index in [-0.39, 0.29) is 0 Å². The number of hydrogen-bond acceptors (Lipinski definition) is 5. The maximum atomic E-state index is 9.05. The van der Waals surface area contributed by atoms with E-state index in [1.54, 1.807) is 0 Å². The van der Waals surface area contributed by atoms with Gasteiger partial charge in [-0.25, -0.2) is 4.98 Å². The Kier molecular flexibility index (Phi) is 6.17. The summed E-state index contributed by atoms with van der Waals surface area (Å²) >= 11 is 0. The molecule has 0 aromatic carbocycles. The number of ether oxygens (including phenoxy) is 1. The number of aromatic nitrogens is 1. The van der Waals surface area contributed by atoms with E-state index in [0.29, 0.717) is 17.8 Å². The Morgan fingerprint density at radius 1 is 1.41 bits per heavy atom. The molecule has 0 radical (unpaired) electrons. The van der Waals surface area contributed by atoms with Crippen molar-refractivity contribution in [3.05, 3.63) is 23.4 Å².